The van der Waals surface area contributed by atoms with Gasteiger partial charge in [0.2, 0.25) is 65.0 Å². The number of carboxylic acid groups (broad SMARTS) is 4. The summed E-state index contributed by atoms with van der Waals surface area (Å²) in [7, 11) is -6.01. The number of aromatic hydroxyl groups is 1. The fourth-order valence-corrected chi connectivity index (χ4v) is 12.3. The number of carbonyl (C=O) groups excluding carboxylic acids is 13. The molecule has 5 aromatic rings. The van der Waals surface area contributed by atoms with Crippen molar-refractivity contribution in [2.75, 3.05) is 13.2 Å². The molecule has 2 aliphatic heterocycles. The quantitative estimate of drug-likeness (QED) is 0.0147. The number of ether oxygens (including phenoxy) is 1. The zero-order valence-corrected chi connectivity index (χ0v) is 60.5. The highest BCUT2D eigenvalue weighted by atomic mass is 31.2. The molecular weight excluding hydrogens is 1510 g/mol. The third-order valence-corrected chi connectivity index (χ3v) is 17.9. The Labute approximate surface area is 632 Å². The van der Waals surface area contributed by atoms with Crippen LogP contribution in [-0.4, -0.2) is 243 Å². The maximum atomic E-state index is 15.4. The molecule has 0 bridgehead atoms. The Balaban J connectivity index is 1.41. The average Bonchev–Trinajstić information content (AvgIpc) is 1.60. The first-order chi connectivity index (χ1) is 52.8. The number of aliphatic hydroxyl groups excluding tert-OH is 1. The van der Waals surface area contributed by atoms with Crippen LogP contribution < -0.4 is 69.5 Å². The Bertz CT molecular complexity index is 4520. The van der Waals surface area contributed by atoms with E-state index in [1.165, 1.54) is 30.6 Å². The number of hydrogen-bond acceptors (Lipinski definition) is 22. The van der Waals surface area contributed by atoms with E-state index < -0.39 is 251 Å². The van der Waals surface area contributed by atoms with Crippen LogP contribution in [0, 0.1) is 5.92 Å². The van der Waals surface area contributed by atoms with Crippen molar-refractivity contribution in [1.82, 2.24) is 73.8 Å². The molecule has 7 rings (SSSR count). The summed E-state index contributed by atoms with van der Waals surface area (Å²) >= 11 is 0. The lowest BCUT2D eigenvalue weighted by molar-refractivity contribution is -0.144. The minimum atomic E-state index is -6.01. The number of nitrogens with one attached hydrogen (secondary N) is 14. The van der Waals surface area contributed by atoms with Crippen LogP contribution in [0.25, 0.3) is 27.9 Å². The molecule has 24 N–H and O–H groups in total. The first kappa shape index (κ1) is 86.5. The fourth-order valence-electron chi connectivity index (χ4n) is 11.7. The molecule has 0 spiro atoms. The predicted octanol–water partition coefficient (Wildman–Crippen LogP) is -5.65. The first-order valence-electron chi connectivity index (χ1n) is 34.2. The Kier molecular flexibility index (Phi) is 30.2. The SMILES string of the molecule is CCCC1OC1C(=O)N[C@@H](CO)C(=O)NC1C(=O)NC(Cc2c[nH]c3ccccc23)C(=O)N[C@@H](CC(=O)O)C(=O)NC(CC(=O)O)C(=O)N[C@H](Cc2ccc(O)cc2)C(=O)N[C@@H](CC(=O)O)C(=O)NCC(=O)N[C@H]([C@H](OP(=O)(O)O)C(N)=O)C(=O)NC([C@H](C)CC(=O)O)C(=O)N/C(=C\c2c[nH]c3ccccc23)C(=O)N[C@@H]1C. The summed E-state index contributed by atoms with van der Waals surface area (Å²) in [6.45, 7) is 1.26. The number of phosphoric acid groups is 1. The number of phenols is 1. The number of aromatic nitrogens is 2. The number of aromatic amines is 2. The van der Waals surface area contributed by atoms with Crippen molar-refractivity contribution in [2.45, 2.75) is 151 Å². The van der Waals surface area contributed by atoms with Gasteiger partial charge in [0, 0.05) is 52.6 Å². The minimum Gasteiger partial charge on any atom is -0.508 e. The normalized spacial score (nSPS) is 23.7. The van der Waals surface area contributed by atoms with Gasteiger partial charge in [0.05, 0.1) is 51.0 Å². The number of para-hydroxylation sites is 2. The van der Waals surface area contributed by atoms with Gasteiger partial charge in [-0.25, -0.2) is 4.57 Å². The van der Waals surface area contributed by atoms with Crippen molar-refractivity contribution in [3.63, 3.8) is 0 Å². The molecule has 2 fully saturated rings. The molecular formula is C68H82N15O28P. The van der Waals surface area contributed by atoms with Crippen LogP contribution in [0.3, 0.4) is 0 Å². The Morgan fingerprint density at radius 1 is 0.634 bits per heavy atom. The molecule has 2 saturated heterocycles. The number of amides is 13. The number of benzene rings is 3. The van der Waals surface area contributed by atoms with Crippen LogP contribution in [0.15, 0.2) is 90.9 Å². The van der Waals surface area contributed by atoms with Gasteiger partial charge in [-0.05, 0) is 60.7 Å². The number of rotatable bonds is 25. The summed E-state index contributed by atoms with van der Waals surface area (Å²) in [6, 6.07) is -5.16. The van der Waals surface area contributed by atoms with Crippen molar-refractivity contribution >= 4 is 136 Å². The van der Waals surface area contributed by atoms with Crippen LogP contribution in [0.4, 0.5) is 0 Å². The second-order valence-electron chi connectivity index (χ2n) is 26.0. The Morgan fingerprint density at radius 3 is 1.71 bits per heavy atom. The van der Waals surface area contributed by atoms with E-state index in [9.17, 15) is 107 Å². The molecule has 0 aliphatic carbocycles. The van der Waals surface area contributed by atoms with Gasteiger partial charge in [0.25, 0.3) is 11.8 Å². The monoisotopic (exact) mass is 1590 g/mol. The number of fused-ring (bicyclic) bond motifs is 2. The zero-order valence-electron chi connectivity index (χ0n) is 59.6. The highest BCUT2D eigenvalue weighted by Crippen LogP contribution is 2.38. The lowest BCUT2D eigenvalue weighted by Crippen LogP contribution is -2.64. The van der Waals surface area contributed by atoms with Crippen LogP contribution in [0.1, 0.15) is 76.0 Å². The predicted molar refractivity (Wildman–Crippen MR) is 381 cm³/mol. The summed E-state index contributed by atoms with van der Waals surface area (Å²) in [5.74, 6) is -29.1. The number of aliphatic carboxylic acids is 4. The van der Waals surface area contributed by atoms with Gasteiger partial charge in [0.15, 0.2) is 12.2 Å². The topological polar surface area (TPSA) is 693 Å². The lowest BCUT2D eigenvalue weighted by atomic mass is 9.96. The van der Waals surface area contributed by atoms with Gasteiger partial charge in [-0.15, -0.1) is 0 Å². The molecule has 3 aromatic carbocycles. The number of hydrogen-bond donors (Lipinski definition) is 23. The smallest absolute Gasteiger partial charge is 0.470 e. The molecule has 6 unspecified atom stereocenters. The largest absolute Gasteiger partial charge is 0.508 e. The van der Waals surface area contributed by atoms with Gasteiger partial charge >= 0.3 is 31.7 Å². The maximum absolute atomic E-state index is 15.4. The summed E-state index contributed by atoms with van der Waals surface area (Å²) in [6.07, 6.45) is -6.52. The second-order valence-corrected chi connectivity index (χ2v) is 27.2. The van der Waals surface area contributed by atoms with Crippen molar-refractivity contribution in [3.8, 4) is 5.75 Å². The number of carbonyl (C=O) groups is 17. The van der Waals surface area contributed by atoms with E-state index in [0.717, 1.165) is 32.1 Å². The summed E-state index contributed by atoms with van der Waals surface area (Å²) in [5, 5.41) is 87.6. The third-order valence-electron chi connectivity index (χ3n) is 17.4. The summed E-state index contributed by atoms with van der Waals surface area (Å²) in [5.41, 5.74) is 5.79. The van der Waals surface area contributed by atoms with Crippen LogP contribution >= 0.6 is 7.82 Å². The number of primary amides is 1. The number of phosphoric ester groups is 1. The van der Waals surface area contributed by atoms with Gasteiger partial charge in [0.1, 0.15) is 65.8 Å². The van der Waals surface area contributed by atoms with Crippen molar-refractivity contribution in [2.24, 2.45) is 11.7 Å². The van der Waals surface area contributed by atoms with Crippen molar-refractivity contribution in [1.29, 1.82) is 0 Å². The molecule has 112 heavy (non-hydrogen) atoms. The molecule has 13 amide bonds. The molecule has 44 heteroatoms. The highest BCUT2D eigenvalue weighted by Gasteiger charge is 2.47. The van der Waals surface area contributed by atoms with E-state index in [-0.39, 0.29) is 22.4 Å². The molecule has 14 atom stereocenters. The van der Waals surface area contributed by atoms with E-state index in [1.807, 2.05) is 26.6 Å². The maximum Gasteiger partial charge on any atom is 0.470 e. The average molecular weight is 1590 g/mol. The fraction of sp³-hybridized carbons (Fsp3) is 0.397. The summed E-state index contributed by atoms with van der Waals surface area (Å²) < 4.78 is 22.4. The lowest BCUT2D eigenvalue weighted by Gasteiger charge is -2.30. The number of epoxide rings is 1. The molecule has 0 saturated carbocycles. The van der Waals surface area contributed by atoms with E-state index in [4.69, 9.17) is 10.5 Å². The number of phenolic OH excluding ortho intramolecular Hbond substituents is 1. The molecule has 2 aromatic heterocycles. The van der Waals surface area contributed by atoms with Gasteiger partial charge in [-0.3, -0.25) is 86.0 Å². The van der Waals surface area contributed by atoms with Crippen molar-refractivity contribution < 1.29 is 136 Å². The van der Waals surface area contributed by atoms with Crippen LogP contribution in [0.2, 0.25) is 0 Å². The third kappa shape index (κ3) is 24.9. The standard InChI is InChI=1S/C68H82N15O28P/c1-4-9-46-55(110-46)68(106)80-45(28-84)64(102)83-53-30(3)73-59(97)40(20-32-25-70-37-12-7-5-10-35(32)37)78-65(103)52(29(2)18-48(87)88)82-67(105)54(56(57(69)95)111-112(107,108)109)81-47(86)27-72-58(96)42(22-49(89)90)75-60(98)39(19-31-14-16-34(85)17-15-31)74-62(100)43(23-50(91)92)77-63(101)44(24-51(93)94)76-61(99)41(79-66(53)104)21-33-26-71-38-13-8-6-11-36(33)38/h5-8,10-17,20,25-26,29-30,39,41-46,52-56,70-71,84-85H,4,9,18-19,21-24,27-28H2,1-3H3,(H2,69,95)(H,72,96)(H,73,97)(H,74,100)(H,75,98)(H,76,99)(H,77,101)(H,78,103)(H,79,104)(H,80,106)(H,81,86)(H,82,105)(H,83,102)(H,87,88)(H,89,90)(H,91,92)(H,93,94)(H2,107,108,109)/b40-20-/t29-,30-,39-,41?,42+,43?,44+,45+,46?,52?,53?,54-,55?,56+/m1/s1. The van der Waals surface area contributed by atoms with E-state index in [2.05, 4.69) is 51.7 Å². The second kappa shape index (κ2) is 39.1. The van der Waals surface area contributed by atoms with Crippen LogP contribution in [-0.2, 0) is 108 Å². The Morgan fingerprint density at radius 2 is 1.16 bits per heavy atom. The highest BCUT2D eigenvalue weighted by molar-refractivity contribution is 7.46. The number of H-pyrrole nitrogens is 2. The van der Waals surface area contributed by atoms with E-state index in [1.54, 1.807) is 49.4 Å². The van der Waals surface area contributed by atoms with Crippen molar-refractivity contribution in [3.05, 3.63) is 108 Å². The zero-order chi connectivity index (χ0) is 82.6. The number of nitrogens with two attached hydrogens (primary N) is 1. The molecule has 43 nitrogen and oxygen atoms in total. The van der Waals surface area contributed by atoms with Gasteiger partial charge in [-0.1, -0.05) is 68.8 Å². The summed E-state index contributed by atoms with van der Waals surface area (Å²) in [4.78, 5) is 264. The number of carboxylic acids is 4. The number of aliphatic hydroxyl groups is 1. The molecule has 2 aliphatic rings. The Hall–Kier alpha value is -12.7. The van der Waals surface area contributed by atoms with E-state index in [0.29, 0.717) is 34.6 Å². The first-order valence-corrected chi connectivity index (χ1v) is 35.8. The molecule has 4 heterocycles. The van der Waals surface area contributed by atoms with Crippen LogP contribution in [0.5, 0.6) is 5.75 Å². The molecule has 602 valence electrons. The van der Waals surface area contributed by atoms with E-state index >= 15 is 19.2 Å². The minimum absolute atomic E-state index is 0.0664. The van der Waals surface area contributed by atoms with Gasteiger partial charge in [-0.2, -0.15) is 0 Å². The van der Waals surface area contributed by atoms with Gasteiger partial charge < -0.3 is 125 Å². The molecule has 0 radical (unpaired) electrons.